The molecule has 1 aliphatic carbocycles. The highest BCUT2D eigenvalue weighted by Gasteiger charge is 2.23. The van der Waals surface area contributed by atoms with Gasteiger partial charge in [0.1, 0.15) is 6.61 Å². The quantitative estimate of drug-likeness (QED) is 0.754. The Kier molecular flexibility index (Phi) is 5.95. The molecule has 1 aromatic carbocycles. The molecule has 0 radical (unpaired) electrons. The average Bonchev–Trinajstić information content (AvgIpc) is 3.26. The molecule has 31 heavy (non-hydrogen) atoms. The molecule has 2 N–H and O–H groups in total. The van der Waals surface area contributed by atoms with Gasteiger partial charge in [-0.2, -0.15) is 4.98 Å². The van der Waals surface area contributed by atoms with Crippen LogP contribution in [-0.2, 0) is 10.0 Å². The van der Waals surface area contributed by atoms with Crippen molar-refractivity contribution in [1.82, 2.24) is 15.3 Å². The Labute approximate surface area is 182 Å². The lowest BCUT2D eigenvalue weighted by molar-refractivity contribution is 0.0913. The Morgan fingerprint density at radius 2 is 2.06 bits per heavy atom. The van der Waals surface area contributed by atoms with E-state index < -0.39 is 10.0 Å². The molecule has 2 heterocycles. The number of carbonyl (C=O) groups is 1. The fourth-order valence-electron chi connectivity index (χ4n) is 3.79. The topological polar surface area (TPSA) is 110 Å². The van der Waals surface area contributed by atoms with E-state index in [2.05, 4.69) is 39.9 Å². The second-order valence-electron chi connectivity index (χ2n) is 8.28. The van der Waals surface area contributed by atoms with E-state index in [0.717, 1.165) is 24.8 Å². The second-order valence-corrected chi connectivity index (χ2v) is 9.96. The van der Waals surface area contributed by atoms with E-state index >= 15 is 0 Å². The number of nitrogens with zero attached hydrogens (tertiary/aromatic N) is 2. The zero-order valence-corrected chi connectivity index (χ0v) is 18.4. The molecule has 1 aromatic heterocycles. The number of sulfonamides is 1. The van der Waals surface area contributed by atoms with Crippen LogP contribution >= 0.6 is 0 Å². The first-order chi connectivity index (χ1) is 14.8. The van der Waals surface area contributed by atoms with Gasteiger partial charge < -0.3 is 10.1 Å². The van der Waals surface area contributed by atoms with Crippen LogP contribution < -0.4 is 14.8 Å². The van der Waals surface area contributed by atoms with Crippen molar-refractivity contribution in [2.45, 2.75) is 50.5 Å². The maximum atomic E-state index is 12.9. The van der Waals surface area contributed by atoms with Gasteiger partial charge in [-0.1, -0.05) is 26.0 Å². The minimum Gasteiger partial charge on any atom is -0.475 e. The van der Waals surface area contributed by atoms with E-state index in [0.29, 0.717) is 18.0 Å². The molecular weight excluding hydrogens is 416 g/mol. The normalized spacial score (nSPS) is 20.4. The van der Waals surface area contributed by atoms with Gasteiger partial charge in [-0.25, -0.2) is 18.1 Å². The van der Waals surface area contributed by atoms with E-state index in [9.17, 15) is 13.2 Å². The Morgan fingerprint density at radius 3 is 2.81 bits per heavy atom. The standard InChI is InChI=1S/C22H26N4O4S/c1-14(2)10-17-13-30-20-12-19(15-6-3-4-7-15)24-22(25-20)26-31(28,29)18-9-5-8-16(11-18)21(27)23-17/h5-6,8-9,11-12,14,17H,3-4,7,10,13H2,1-2H3,(H,23,27)(H,24,25,26)/t17-/m1/s1. The molecule has 1 aliphatic heterocycles. The fourth-order valence-corrected chi connectivity index (χ4v) is 4.78. The summed E-state index contributed by atoms with van der Waals surface area (Å²) < 4.78 is 34.2. The number of ether oxygens (including phenoxy) is 1. The predicted octanol–water partition coefficient (Wildman–Crippen LogP) is 3.38. The molecule has 9 heteroatoms. The number of amides is 1. The number of rotatable bonds is 3. The zero-order chi connectivity index (χ0) is 22.0. The van der Waals surface area contributed by atoms with E-state index in [-0.39, 0.29) is 40.8 Å². The number of fused-ring (bicyclic) bond motifs is 4. The molecule has 0 saturated heterocycles. The van der Waals surface area contributed by atoms with Gasteiger partial charge in [-0.15, -0.1) is 0 Å². The number of allylic oxidation sites excluding steroid dienone is 2. The van der Waals surface area contributed by atoms with Crippen LogP contribution in [0.2, 0.25) is 0 Å². The molecule has 1 atom stereocenters. The number of hydrogen-bond donors (Lipinski definition) is 2. The number of aromatic nitrogens is 2. The van der Waals surface area contributed by atoms with E-state index in [4.69, 9.17) is 4.74 Å². The molecule has 0 fully saturated rings. The summed E-state index contributed by atoms with van der Waals surface area (Å²) in [5.41, 5.74) is 1.96. The lowest BCUT2D eigenvalue weighted by Crippen LogP contribution is -2.40. The van der Waals surface area contributed by atoms with Crippen LogP contribution in [0.25, 0.3) is 5.57 Å². The monoisotopic (exact) mass is 442 g/mol. The van der Waals surface area contributed by atoms with Crippen molar-refractivity contribution in [1.29, 1.82) is 0 Å². The van der Waals surface area contributed by atoms with Gasteiger partial charge >= 0.3 is 0 Å². The van der Waals surface area contributed by atoms with Crippen molar-refractivity contribution in [2.75, 3.05) is 11.3 Å². The molecule has 4 rings (SSSR count). The highest BCUT2D eigenvalue weighted by molar-refractivity contribution is 7.92. The minimum absolute atomic E-state index is 0.0311. The van der Waals surface area contributed by atoms with Crippen LogP contribution in [0.1, 0.15) is 55.6 Å². The van der Waals surface area contributed by atoms with Crippen molar-refractivity contribution < 1.29 is 17.9 Å². The number of anilines is 1. The third kappa shape index (κ3) is 5.04. The molecule has 2 aromatic rings. The summed E-state index contributed by atoms with van der Waals surface area (Å²) in [5.74, 6) is 0.201. The second kappa shape index (κ2) is 8.66. The van der Waals surface area contributed by atoms with Crippen LogP contribution in [-0.4, -0.2) is 36.9 Å². The maximum Gasteiger partial charge on any atom is 0.264 e. The third-order valence-corrected chi connectivity index (χ3v) is 6.55. The average molecular weight is 443 g/mol. The number of benzene rings is 1. The summed E-state index contributed by atoms with van der Waals surface area (Å²) in [5, 5.41) is 2.97. The Balaban J connectivity index is 1.79. The molecule has 2 aliphatic rings. The molecular formula is C22H26N4O4S. The van der Waals surface area contributed by atoms with Crippen LogP contribution in [0.3, 0.4) is 0 Å². The van der Waals surface area contributed by atoms with Crippen LogP contribution in [0.4, 0.5) is 5.95 Å². The van der Waals surface area contributed by atoms with E-state index in [1.54, 1.807) is 18.2 Å². The molecule has 0 spiro atoms. The van der Waals surface area contributed by atoms with Gasteiger partial charge in [0.05, 0.1) is 16.6 Å². The summed E-state index contributed by atoms with van der Waals surface area (Å²) in [6, 6.07) is 7.39. The van der Waals surface area contributed by atoms with E-state index in [1.165, 1.54) is 12.1 Å². The Morgan fingerprint density at radius 1 is 1.23 bits per heavy atom. The van der Waals surface area contributed by atoms with Gasteiger partial charge in [-0.05, 0) is 55.4 Å². The third-order valence-electron chi connectivity index (χ3n) is 5.23. The predicted molar refractivity (Wildman–Crippen MR) is 117 cm³/mol. The summed E-state index contributed by atoms with van der Waals surface area (Å²) >= 11 is 0. The number of carbonyl (C=O) groups excluding carboxylic acids is 1. The number of hydrogen-bond acceptors (Lipinski definition) is 6. The highest BCUT2D eigenvalue weighted by Crippen LogP contribution is 2.29. The van der Waals surface area contributed by atoms with Crippen molar-refractivity contribution in [2.24, 2.45) is 5.92 Å². The fraction of sp³-hybridized carbons (Fsp3) is 0.409. The lowest BCUT2D eigenvalue weighted by Gasteiger charge is -2.21. The summed E-state index contributed by atoms with van der Waals surface area (Å²) in [6.45, 7) is 4.35. The summed E-state index contributed by atoms with van der Waals surface area (Å²) in [6.07, 6.45) is 5.68. The first-order valence-electron chi connectivity index (χ1n) is 10.5. The molecule has 4 bridgehead atoms. The van der Waals surface area contributed by atoms with Crippen molar-refractivity contribution in [3.05, 3.63) is 47.7 Å². The van der Waals surface area contributed by atoms with Gasteiger partial charge in [0.25, 0.3) is 15.9 Å². The van der Waals surface area contributed by atoms with Crippen molar-refractivity contribution >= 4 is 27.5 Å². The lowest BCUT2D eigenvalue weighted by atomic mass is 10.0. The van der Waals surface area contributed by atoms with Crippen LogP contribution in [0.5, 0.6) is 5.88 Å². The van der Waals surface area contributed by atoms with Crippen LogP contribution in [0, 0.1) is 5.92 Å². The van der Waals surface area contributed by atoms with Gasteiger partial charge in [0, 0.05) is 11.6 Å². The first kappa shape index (κ1) is 21.3. The summed E-state index contributed by atoms with van der Waals surface area (Å²) in [4.78, 5) is 21.4. The first-order valence-corrected chi connectivity index (χ1v) is 11.9. The minimum atomic E-state index is -3.98. The zero-order valence-electron chi connectivity index (χ0n) is 17.6. The number of nitrogens with one attached hydrogen (secondary N) is 2. The molecule has 164 valence electrons. The van der Waals surface area contributed by atoms with Crippen molar-refractivity contribution in [3.8, 4) is 5.88 Å². The van der Waals surface area contributed by atoms with Gasteiger partial charge in [-0.3, -0.25) is 4.79 Å². The van der Waals surface area contributed by atoms with Gasteiger partial charge in [0.15, 0.2) is 0 Å². The molecule has 8 nitrogen and oxygen atoms in total. The SMILES string of the molecule is CC(C)C[C@@H]1COc2cc(C3=CCCC3)nc(n2)NS(=O)(=O)c2cccc(c2)C(=O)N1. The molecule has 0 saturated carbocycles. The molecule has 0 unspecified atom stereocenters. The van der Waals surface area contributed by atoms with Crippen LogP contribution in [0.15, 0.2) is 41.3 Å². The maximum absolute atomic E-state index is 12.9. The smallest absolute Gasteiger partial charge is 0.264 e. The largest absolute Gasteiger partial charge is 0.475 e. The van der Waals surface area contributed by atoms with E-state index in [1.807, 2.05) is 0 Å². The Hall–Kier alpha value is -2.94. The summed E-state index contributed by atoms with van der Waals surface area (Å²) in [7, 11) is -3.98. The molecule has 1 amide bonds. The van der Waals surface area contributed by atoms with Gasteiger partial charge in [0.2, 0.25) is 11.8 Å². The van der Waals surface area contributed by atoms with Crippen molar-refractivity contribution in [3.63, 3.8) is 0 Å². The highest BCUT2D eigenvalue weighted by atomic mass is 32.2. The Bertz CT molecular complexity index is 1130.